The monoisotopic (exact) mass is 223 g/mol. The molecule has 0 aliphatic rings. The second-order valence-electron chi connectivity index (χ2n) is 3.55. The predicted molar refractivity (Wildman–Crippen MR) is 58.1 cm³/mol. The van der Waals surface area contributed by atoms with Crippen molar-refractivity contribution in [3.05, 3.63) is 0 Å². The molecule has 4 nitrogen and oxygen atoms in total. The van der Waals surface area contributed by atoms with Gasteiger partial charge in [-0.25, -0.2) is 8.42 Å². The van der Waals surface area contributed by atoms with Crippen LogP contribution in [-0.4, -0.2) is 43.7 Å². The minimum atomic E-state index is -2.92. The molecular weight excluding hydrogens is 202 g/mol. The Bertz CT molecular complexity index is 234. The Morgan fingerprint density at radius 3 is 2.29 bits per heavy atom. The van der Waals surface area contributed by atoms with Gasteiger partial charge in [0, 0.05) is 17.8 Å². The summed E-state index contributed by atoms with van der Waals surface area (Å²) in [6.07, 6.45) is 0.799. The number of rotatable bonds is 7. The fraction of sp³-hybridized carbons (Fsp3) is 1.00. The van der Waals surface area contributed by atoms with Gasteiger partial charge in [0.25, 0.3) is 0 Å². The van der Waals surface area contributed by atoms with Crippen molar-refractivity contribution in [1.29, 1.82) is 0 Å². The molecule has 0 aliphatic carbocycles. The Kier molecular flexibility index (Phi) is 6.31. The highest BCUT2D eigenvalue weighted by Gasteiger charge is 2.15. The van der Waals surface area contributed by atoms with Gasteiger partial charge in [0.05, 0.1) is 12.4 Å². The third kappa shape index (κ3) is 5.57. The molecule has 0 saturated carbocycles. The highest BCUT2D eigenvalue weighted by atomic mass is 32.2. The van der Waals surface area contributed by atoms with E-state index in [2.05, 4.69) is 5.32 Å². The van der Waals surface area contributed by atoms with Crippen LogP contribution in [0.2, 0.25) is 0 Å². The SMILES string of the molecule is CCC(CO)NC(C)CS(=O)(=O)CC. The van der Waals surface area contributed by atoms with Crippen molar-refractivity contribution in [2.45, 2.75) is 39.3 Å². The third-order valence-electron chi connectivity index (χ3n) is 2.18. The molecule has 0 bridgehead atoms. The van der Waals surface area contributed by atoms with Crippen molar-refractivity contribution in [3.8, 4) is 0 Å². The first-order chi connectivity index (χ1) is 6.45. The summed E-state index contributed by atoms with van der Waals surface area (Å²) in [4.78, 5) is 0. The maximum absolute atomic E-state index is 11.3. The lowest BCUT2D eigenvalue weighted by atomic mass is 10.2. The van der Waals surface area contributed by atoms with Gasteiger partial charge in [-0.3, -0.25) is 0 Å². The van der Waals surface area contributed by atoms with Crippen molar-refractivity contribution in [2.24, 2.45) is 0 Å². The Balaban J connectivity index is 4.03. The molecule has 0 aliphatic heterocycles. The second-order valence-corrected chi connectivity index (χ2v) is 5.95. The Hall–Kier alpha value is -0.130. The number of nitrogens with one attached hydrogen (secondary N) is 1. The molecule has 86 valence electrons. The Morgan fingerprint density at radius 1 is 1.36 bits per heavy atom. The fourth-order valence-corrected chi connectivity index (χ4v) is 2.34. The summed E-state index contributed by atoms with van der Waals surface area (Å²) >= 11 is 0. The van der Waals surface area contributed by atoms with Crippen LogP contribution >= 0.6 is 0 Å². The maximum Gasteiger partial charge on any atom is 0.151 e. The second kappa shape index (κ2) is 6.37. The fourth-order valence-electron chi connectivity index (χ4n) is 1.25. The van der Waals surface area contributed by atoms with Gasteiger partial charge in [-0.1, -0.05) is 13.8 Å². The molecule has 5 heteroatoms. The summed E-state index contributed by atoms with van der Waals surface area (Å²) in [6.45, 7) is 5.47. The zero-order valence-corrected chi connectivity index (χ0v) is 9.97. The average Bonchev–Trinajstić information content (AvgIpc) is 2.13. The predicted octanol–water partition coefficient (Wildman–Crippen LogP) is 0.170. The highest BCUT2D eigenvalue weighted by molar-refractivity contribution is 7.91. The van der Waals surface area contributed by atoms with E-state index in [4.69, 9.17) is 5.11 Å². The smallest absolute Gasteiger partial charge is 0.151 e. The molecule has 0 aromatic rings. The van der Waals surface area contributed by atoms with Gasteiger partial charge in [0.15, 0.2) is 9.84 Å². The van der Waals surface area contributed by atoms with Crippen molar-refractivity contribution in [1.82, 2.24) is 5.32 Å². The van der Waals surface area contributed by atoms with E-state index in [-0.39, 0.29) is 30.2 Å². The van der Waals surface area contributed by atoms with Gasteiger partial charge < -0.3 is 10.4 Å². The van der Waals surface area contributed by atoms with E-state index in [1.54, 1.807) is 6.92 Å². The van der Waals surface area contributed by atoms with Crippen LogP contribution in [0.4, 0.5) is 0 Å². The third-order valence-corrected chi connectivity index (χ3v) is 4.06. The van der Waals surface area contributed by atoms with E-state index < -0.39 is 9.84 Å². The molecular formula is C9H21NO3S. The number of hydrogen-bond acceptors (Lipinski definition) is 4. The van der Waals surface area contributed by atoms with Crippen LogP contribution in [0.25, 0.3) is 0 Å². The van der Waals surface area contributed by atoms with Crippen molar-refractivity contribution >= 4 is 9.84 Å². The first kappa shape index (κ1) is 13.9. The highest BCUT2D eigenvalue weighted by Crippen LogP contribution is 1.97. The van der Waals surface area contributed by atoms with E-state index in [1.165, 1.54) is 0 Å². The minimum Gasteiger partial charge on any atom is -0.395 e. The topological polar surface area (TPSA) is 66.4 Å². The lowest BCUT2D eigenvalue weighted by Gasteiger charge is -2.20. The summed E-state index contributed by atoms with van der Waals surface area (Å²) in [5.41, 5.74) is 0. The lowest BCUT2D eigenvalue weighted by molar-refractivity contribution is 0.232. The van der Waals surface area contributed by atoms with Crippen LogP contribution in [0.3, 0.4) is 0 Å². The standard InChI is InChI=1S/C9H21NO3S/c1-4-9(6-11)10-8(3)7-14(12,13)5-2/h8-11H,4-7H2,1-3H3. The lowest BCUT2D eigenvalue weighted by Crippen LogP contribution is -2.42. The molecule has 2 unspecified atom stereocenters. The molecule has 0 fully saturated rings. The van der Waals surface area contributed by atoms with Gasteiger partial charge >= 0.3 is 0 Å². The number of aliphatic hydroxyl groups excluding tert-OH is 1. The molecule has 0 aromatic carbocycles. The number of aliphatic hydroxyl groups is 1. The zero-order valence-electron chi connectivity index (χ0n) is 9.16. The largest absolute Gasteiger partial charge is 0.395 e. The van der Waals surface area contributed by atoms with Gasteiger partial charge in [0.1, 0.15) is 0 Å². The molecule has 2 N–H and O–H groups in total. The first-order valence-electron chi connectivity index (χ1n) is 5.02. The van der Waals surface area contributed by atoms with Crippen LogP contribution < -0.4 is 5.32 Å². The van der Waals surface area contributed by atoms with Crippen molar-refractivity contribution in [2.75, 3.05) is 18.1 Å². The number of hydrogen-bond donors (Lipinski definition) is 2. The van der Waals surface area contributed by atoms with E-state index in [1.807, 2.05) is 13.8 Å². The van der Waals surface area contributed by atoms with E-state index >= 15 is 0 Å². The molecule has 0 amide bonds. The average molecular weight is 223 g/mol. The van der Waals surface area contributed by atoms with Gasteiger partial charge in [-0.05, 0) is 13.3 Å². The van der Waals surface area contributed by atoms with Crippen LogP contribution in [0, 0.1) is 0 Å². The van der Waals surface area contributed by atoms with Gasteiger partial charge in [0.2, 0.25) is 0 Å². The molecule has 0 spiro atoms. The molecule has 0 rings (SSSR count). The van der Waals surface area contributed by atoms with Crippen molar-refractivity contribution in [3.63, 3.8) is 0 Å². The Morgan fingerprint density at radius 2 is 1.93 bits per heavy atom. The molecule has 0 aromatic heterocycles. The number of sulfone groups is 1. The summed E-state index contributed by atoms with van der Waals surface area (Å²) in [5.74, 6) is 0.314. The summed E-state index contributed by atoms with van der Waals surface area (Å²) in [6, 6.07) is -0.103. The molecule has 14 heavy (non-hydrogen) atoms. The molecule has 2 atom stereocenters. The maximum atomic E-state index is 11.3. The zero-order chi connectivity index (χ0) is 11.2. The normalized spacial score (nSPS) is 16.6. The molecule has 0 radical (unpaired) electrons. The minimum absolute atomic E-state index is 0.00273. The molecule has 0 saturated heterocycles. The van der Waals surface area contributed by atoms with E-state index in [9.17, 15) is 8.42 Å². The Labute approximate surface area is 86.6 Å². The van der Waals surface area contributed by atoms with Crippen LogP contribution in [-0.2, 0) is 9.84 Å². The van der Waals surface area contributed by atoms with Gasteiger partial charge in [-0.15, -0.1) is 0 Å². The van der Waals surface area contributed by atoms with E-state index in [0.717, 1.165) is 6.42 Å². The summed E-state index contributed by atoms with van der Waals surface area (Å²) in [5, 5.41) is 12.0. The summed E-state index contributed by atoms with van der Waals surface area (Å²) < 4.78 is 22.5. The molecule has 0 heterocycles. The van der Waals surface area contributed by atoms with Crippen molar-refractivity contribution < 1.29 is 13.5 Å². The van der Waals surface area contributed by atoms with Crippen LogP contribution in [0.1, 0.15) is 27.2 Å². The summed E-state index contributed by atoms with van der Waals surface area (Å²) in [7, 11) is -2.92. The quantitative estimate of drug-likeness (QED) is 0.646. The van der Waals surface area contributed by atoms with E-state index in [0.29, 0.717) is 0 Å². The van der Waals surface area contributed by atoms with Gasteiger partial charge in [-0.2, -0.15) is 0 Å². The first-order valence-corrected chi connectivity index (χ1v) is 6.84. The van der Waals surface area contributed by atoms with Crippen LogP contribution in [0.5, 0.6) is 0 Å². The van der Waals surface area contributed by atoms with Crippen LogP contribution in [0.15, 0.2) is 0 Å².